The van der Waals surface area contributed by atoms with Gasteiger partial charge in [-0.3, -0.25) is 0 Å². The van der Waals surface area contributed by atoms with Gasteiger partial charge in [-0.1, -0.05) is 46.6 Å². The predicted molar refractivity (Wildman–Crippen MR) is 90.9 cm³/mol. The molecule has 0 spiro atoms. The summed E-state index contributed by atoms with van der Waals surface area (Å²) in [4.78, 5) is 15.7. The molecule has 0 fully saturated rings. The Bertz CT molecular complexity index is 875. The number of rotatable bonds is 3. The summed E-state index contributed by atoms with van der Waals surface area (Å²) in [6.07, 6.45) is 0. The first-order valence-corrected chi connectivity index (χ1v) is 8.08. The molecule has 0 aliphatic carbocycles. The molecule has 3 aromatic rings. The Labute approximate surface area is 145 Å². The second-order valence-corrected chi connectivity index (χ2v) is 6.84. The van der Waals surface area contributed by atoms with Crippen molar-refractivity contribution in [2.45, 2.75) is 9.79 Å². The number of aromatic nitrogens is 1. The molecule has 0 saturated carbocycles. The highest BCUT2D eigenvalue weighted by atomic mass is 35.5. The summed E-state index contributed by atoms with van der Waals surface area (Å²) in [5.41, 5.74) is 0.583. The van der Waals surface area contributed by atoms with Gasteiger partial charge in [0.2, 0.25) is 0 Å². The van der Waals surface area contributed by atoms with Crippen molar-refractivity contribution in [1.29, 1.82) is 0 Å². The molecule has 3 nitrogen and oxygen atoms in total. The van der Waals surface area contributed by atoms with Crippen molar-refractivity contribution in [3.63, 3.8) is 0 Å². The molecule has 112 valence electrons. The van der Waals surface area contributed by atoms with Crippen LogP contribution in [-0.4, -0.2) is 16.1 Å². The molecule has 0 aliphatic rings. The first kappa shape index (κ1) is 15.6. The Hall–Kier alpha value is -1.33. The molecule has 1 heterocycles. The summed E-state index contributed by atoms with van der Waals surface area (Å²) in [5, 5.41) is 11.2. The lowest BCUT2D eigenvalue weighted by atomic mass is 10.2. The van der Waals surface area contributed by atoms with Crippen LogP contribution in [0.1, 0.15) is 10.5 Å². The van der Waals surface area contributed by atoms with Gasteiger partial charge in [-0.15, -0.1) is 0 Å². The average Bonchev–Trinajstić information content (AvgIpc) is 2.93. The molecule has 7 heteroatoms. The first-order chi connectivity index (χ1) is 10.5. The predicted octanol–water partition coefficient (Wildman–Crippen LogP) is 5.98. The molecule has 3 rings (SSSR count). The minimum absolute atomic E-state index is 0.0668. The number of halogens is 3. The van der Waals surface area contributed by atoms with Crippen LogP contribution in [0.15, 0.2) is 46.2 Å². The summed E-state index contributed by atoms with van der Waals surface area (Å²) in [5.74, 6) is -1.05. The van der Waals surface area contributed by atoms with Crippen LogP contribution in [0.2, 0.25) is 15.1 Å². The zero-order chi connectivity index (χ0) is 15.9. The number of aromatic carboxylic acids is 1. The summed E-state index contributed by atoms with van der Waals surface area (Å²) >= 11 is 19.6. The second kappa shape index (κ2) is 6.05. The third-order valence-corrected chi connectivity index (χ3v) is 5.15. The van der Waals surface area contributed by atoms with Gasteiger partial charge in [0.25, 0.3) is 0 Å². The van der Waals surface area contributed by atoms with E-state index >= 15 is 0 Å². The van der Waals surface area contributed by atoms with E-state index in [1.54, 1.807) is 24.3 Å². The van der Waals surface area contributed by atoms with Crippen LogP contribution in [0.25, 0.3) is 10.9 Å². The number of carbonyl (C=O) groups is 1. The Balaban J connectivity index is 2.14. The van der Waals surface area contributed by atoms with Crippen LogP contribution >= 0.6 is 46.6 Å². The normalized spacial score (nSPS) is 11.0. The molecule has 0 aliphatic heterocycles. The Morgan fingerprint density at radius 1 is 1.09 bits per heavy atom. The van der Waals surface area contributed by atoms with Gasteiger partial charge in [0.15, 0.2) is 0 Å². The molecular formula is C15H8Cl3NO2S. The maximum Gasteiger partial charge on any atom is 0.352 e. The summed E-state index contributed by atoms with van der Waals surface area (Å²) in [6, 6.07) is 10.6. The van der Waals surface area contributed by atoms with Gasteiger partial charge >= 0.3 is 5.97 Å². The first-order valence-electron chi connectivity index (χ1n) is 6.13. The van der Waals surface area contributed by atoms with E-state index in [-0.39, 0.29) is 5.69 Å². The number of hydrogen-bond acceptors (Lipinski definition) is 2. The highest BCUT2D eigenvalue weighted by Gasteiger charge is 2.16. The van der Waals surface area contributed by atoms with Crippen molar-refractivity contribution < 1.29 is 9.90 Å². The highest BCUT2D eigenvalue weighted by molar-refractivity contribution is 7.99. The molecule has 0 radical (unpaired) electrons. The summed E-state index contributed by atoms with van der Waals surface area (Å²) in [6.45, 7) is 0. The largest absolute Gasteiger partial charge is 0.477 e. The molecular weight excluding hydrogens is 365 g/mol. The van der Waals surface area contributed by atoms with Crippen LogP contribution in [0, 0.1) is 0 Å². The van der Waals surface area contributed by atoms with Gasteiger partial charge in [-0.25, -0.2) is 4.79 Å². The quantitative estimate of drug-likeness (QED) is 0.595. The lowest BCUT2D eigenvalue weighted by molar-refractivity contribution is 0.0691. The van der Waals surface area contributed by atoms with Crippen molar-refractivity contribution in [2.75, 3.05) is 0 Å². The zero-order valence-corrected chi connectivity index (χ0v) is 13.9. The lowest BCUT2D eigenvalue weighted by Crippen LogP contribution is -1.94. The highest BCUT2D eigenvalue weighted by Crippen LogP contribution is 2.40. The van der Waals surface area contributed by atoms with Gasteiger partial charge in [-0.05, 0) is 36.4 Å². The minimum atomic E-state index is -1.05. The van der Waals surface area contributed by atoms with E-state index in [2.05, 4.69) is 4.98 Å². The molecule has 2 N–H and O–H groups in total. The van der Waals surface area contributed by atoms with Crippen LogP contribution < -0.4 is 0 Å². The van der Waals surface area contributed by atoms with Gasteiger partial charge < -0.3 is 10.1 Å². The SMILES string of the molecule is O=C(O)c1cc2c(Sc3ccc(Cl)cc3)cc(Cl)c(Cl)c2[nH]1. The third-order valence-electron chi connectivity index (χ3n) is 3.04. The molecule has 0 atom stereocenters. The van der Waals surface area contributed by atoms with E-state index in [0.717, 1.165) is 9.79 Å². The second-order valence-electron chi connectivity index (χ2n) is 4.50. The number of aromatic amines is 1. The van der Waals surface area contributed by atoms with Crippen LogP contribution in [0.3, 0.4) is 0 Å². The number of carboxylic acid groups (broad SMARTS) is 1. The van der Waals surface area contributed by atoms with Gasteiger partial charge in [0.1, 0.15) is 5.69 Å². The fraction of sp³-hybridized carbons (Fsp3) is 0. The number of fused-ring (bicyclic) bond motifs is 1. The number of nitrogens with one attached hydrogen (secondary N) is 1. The summed E-state index contributed by atoms with van der Waals surface area (Å²) in [7, 11) is 0. The Morgan fingerprint density at radius 3 is 2.41 bits per heavy atom. The average molecular weight is 373 g/mol. The molecule has 0 bridgehead atoms. The maximum absolute atomic E-state index is 11.1. The Morgan fingerprint density at radius 2 is 1.77 bits per heavy atom. The van der Waals surface area contributed by atoms with E-state index in [0.29, 0.717) is 26.0 Å². The number of benzene rings is 2. The lowest BCUT2D eigenvalue weighted by Gasteiger charge is -2.06. The Kier molecular flexibility index (Phi) is 4.28. The monoisotopic (exact) mass is 371 g/mol. The van der Waals surface area contributed by atoms with Gasteiger partial charge in [0.05, 0.1) is 15.6 Å². The molecule has 1 aromatic heterocycles. The minimum Gasteiger partial charge on any atom is -0.477 e. The van der Waals surface area contributed by atoms with Crippen molar-refractivity contribution in [2.24, 2.45) is 0 Å². The van der Waals surface area contributed by atoms with Gasteiger partial charge in [-0.2, -0.15) is 0 Å². The van der Waals surface area contributed by atoms with Crippen molar-refractivity contribution in [1.82, 2.24) is 4.98 Å². The summed E-state index contributed by atoms with van der Waals surface area (Å²) < 4.78 is 0. The van der Waals surface area contributed by atoms with Crippen LogP contribution in [0.5, 0.6) is 0 Å². The van der Waals surface area contributed by atoms with E-state index in [1.165, 1.54) is 11.8 Å². The number of hydrogen-bond donors (Lipinski definition) is 2. The standard InChI is InChI=1S/C15H8Cl3NO2S/c16-7-1-3-8(4-2-7)22-12-6-10(17)13(18)14-9(12)5-11(19-14)15(20)21/h1-6,19H,(H,20,21). The topological polar surface area (TPSA) is 53.1 Å². The van der Waals surface area contributed by atoms with Crippen molar-refractivity contribution in [3.05, 3.63) is 57.2 Å². The third kappa shape index (κ3) is 2.92. The van der Waals surface area contributed by atoms with Crippen LogP contribution in [-0.2, 0) is 0 Å². The van der Waals surface area contributed by atoms with Crippen molar-refractivity contribution >= 4 is 63.4 Å². The van der Waals surface area contributed by atoms with Crippen LogP contribution in [0.4, 0.5) is 0 Å². The van der Waals surface area contributed by atoms with Crippen molar-refractivity contribution in [3.8, 4) is 0 Å². The molecule has 0 saturated heterocycles. The van der Waals surface area contributed by atoms with Gasteiger partial charge in [0, 0.05) is 20.2 Å². The fourth-order valence-corrected chi connectivity index (χ4v) is 3.60. The number of carboxylic acids is 1. The molecule has 22 heavy (non-hydrogen) atoms. The van der Waals surface area contributed by atoms with E-state index in [4.69, 9.17) is 39.9 Å². The zero-order valence-electron chi connectivity index (χ0n) is 10.9. The van der Waals surface area contributed by atoms with E-state index in [9.17, 15) is 4.79 Å². The molecule has 0 amide bonds. The molecule has 2 aromatic carbocycles. The molecule has 0 unspecified atom stereocenters. The number of H-pyrrole nitrogens is 1. The van der Waals surface area contributed by atoms with E-state index < -0.39 is 5.97 Å². The smallest absolute Gasteiger partial charge is 0.352 e. The van der Waals surface area contributed by atoms with E-state index in [1.807, 2.05) is 12.1 Å². The maximum atomic E-state index is 11.1. The fourth-order valence-electron chi connectivity index (χ4n) is 2.03.